The number of benzene rings is 1. The lowest BCUT2D eigenvalue weighted by Gasteiger charge is -2.28. The molecule has 1 aliphatic rings. The number of nitrogens with zero attached hydrogens (tertiary/aromatic N) is 2. The molecule has 25 heavy (non-hydrogen) atoms. The molecule has 2 aromatic rings. The molecule has 0 saturated carbocycles. The van der Waals surface area contributed by atoms with E-state index in [9.17, 15) is 5.26 Å². The molecule has 3 rings (SSSR count). The molecular formula is C20H24N4O. The Morgan fingerprint density at radius 2 is 1.80 bits per heavy atom. The monoisotopic (exact) mass is 336 g/mol. The minimum absolute atomic E-state index is 0.148. The van der Waals surface area contributed by atoms with Crippen molar-refractivity contribution < 1.29 is 4.74 Å². The van der Waals surface area contributed by atoms with Crippen molar-refractivity contribution >= 4 is 0 Å². The maximum Gasteiger partial charge on any atom is 0.244 e. The number of rotatable bonds is 4. The summed E-state index contributed by atoms with van der Waals surface area (Å²) in [7, 11) is 0. The Bertz CT molecular complexity index is 861. The fourth-order valence-electron chi connectivity index (χ4n) is 3.70. The van der Waals surface area contributed by atoms with Crippen LogP contribution in [-0.4, -0.2) is 10.2 Å². The van der Waals surface area contributed by atoms with Crippen LogP contribution in [0.25, 0.3) is 0 Å². The van der Waals surface area contributed by atoms with Crippen LogP contribution in [0.1, 0.15) is 60.2 Å². The number of hydrogen-bond acceptors (Lipinski definition) is 4. The van der Waals surface area contributed by atoms with Crippen molar-refractivity contribution in [3.8, 4) is 11.9 Å². The SMILES string of the molecule is CCc1cc(CC)c([C@H]2C(C#N)=C(N)Oc3n[nH]c(C)c32)c(CC)c1. The van der Waals surface area contributed by atoms with Crippen LogP contribution in [0.3, 0.4) is 0 Å². The molecule has 5 nitrogen and oxygen atoms in total. The number of fused-ring (bicyclic) bond motifs is 1. The van der Waals surface area contributed by atoms with Gasteiger partial charge in [-0.25, -0.2) is 0 Å². The number of ether oxygens (including phenoxy) is 1. The van der Waals surface area contributed by atoms with E-state index in [1.165, 1.54) is 22.3 Å². The van der Waals surface area contributed by atoms with Gasteiger partial charge in [0.25, 0.3) is 0 Å². The summed E-state index contributed by atoms with van der Waals surface area (Å²) in [5.74, 6) is 0.390. The van der Waals surface area contributed by atoms with Crippen LogP contribution in [0.2, 0.25) is 0 Å². The molecule has 0 fully saturated rings. The first-order chi connectivity index (χ1) is 12.0. The second kappa shape index (κ2) is 6.64. The van der Waals surface area contributed by atoms with E-state index in [1.54, 1.807) is 0 Å². The van der Waals surface area contributed by atoms with E-state index >= 15 is 0 Å². The van der Waals surface area contributed by atoms with E-state index in [0.717, 1.165) is 30.5 Å². The van der Waals surface area contributed by atoms with E-state index in [2.05, 4.69) is 49.2 Å². The third-order valence-electron chi connectivity index (χ3n) is 5.00. The zero-order valence-corrected chi connectivity index (χ0v) is 15.2. The fraction of sp³-hybridized carbons (Fsp3) is 0.400. The molecule has 0 radical (unpaired) electrons. The topological polar surface area (TPSA) is 87.7 Å². The molecule has 1 aromatic carbocycles. The van der Waals surface area contributed by atoms with E-state index in [-0.39, 0.29) is 11.8 Å². The lowest BCUT2D eigenvalue weighted by molar-refractivity contribution is 0.378. The average molecular weight is 336 g/mol. The lowest BCUT2D eigenvalue weighted by atomic mass is 9.78. The van der Waals surface area contributed by atoms with Crippen LogP contribution in [0.4, 0.5) is 0 Å². The molecule has 0 saturated heterocycles. The summed E-state index contributed by atoms with van der Waals surface area (Å²) in [6.45, 7) is 8.42. The van der Waals surface area contributed by atoms with Gasteiger partial charge in [-0.3, -0.25) is 5.10 Å². The van der Waals surface area contributed by atoms with Crippen molar-refractivity contribution in [2.45, 2.75) is 52.9 Å². The number of hydrogen-bond donors (Lipinski definition) is 2. The summed E-state index contributed by atoms with van der Waals surface area (Å²) in [5, 5.41) is 17.0. The van der Waals surface area contributed by atoms with Gasteiger partial charge < -0.3 is 10.5 Å². The first-order valence-electron chi connectivity index (χ1n) is 8.82. The Balaban J connectivity index is 2.34. The predicted molar refractivity (Wildman–Crippen MR) is 97.2 cm³/mol. The summed E-state index contributed by atoms with van der Waals surface area (Å²) in [5.41, 5.74) is 13.4. The molecule has 5 heteroatoms. The minimum atomic E-state index is -0.233. The molecule has 0 aliphatic carbocycles. The van der Waals surface area contributed by atoms with Crippen molar-refractivity contribution in [2.75, 3.05) is 0 Å². The Kier molecular flexibility index (Phi) is 4.54. The van der Waals surface area contributed by atoms with E-state index in [4.69, 9.17) is 10.5 Å². The third-order valence-corrected chi connectivity index (χ3v) is 5.00. The van der Waals surface area contributed by atoms with Crippen LogP contribution in [0.5, 0.6) is 5.88 Å². The molecule has 1 aliphatic heterocycles. The van der Waals surface area contributed by atoms with Crippen molar-refractivity contribution in [2.24, 2.45) is 5.73 Å². The van der Waals surface area contributed by atoms with E-state index in [0.29, 0.717) is 11.5 Å². The largest absolute Gasteiger partial charge is 0.420 e. The number of H-pyrrole nitrogens is 1. The van der Waals surface area contributed by atoms with Gasteiger partial charge in [-0.1, -0.05) is 32.9 Å². The molecule has 2 heterocycles. The summed E-state index contributed by atoms with van der Waals surface area (Å²) in [4.78, 5) is 0. The molecule has 0 unspecified atom stereocenters. The van der Waals surface area contributed by atoms with Crippen molar-refractivity contribution in [3.63, 3.8) is 0 Å². The summed E-state index contributed by atoms with van der Waals surface area (Å²) in [6.07, 6.45) is 2.80. The van der Waals surface area contributed by atoms with Gasteiger partial charge in [0.05, 0.1) is 5.92 Å². The molecule has 0 spiro atoms. The highest BCUT2D eigenvalue weighted by Gasteiger charge is 2.36. The van der Waals surface area contributed by atoms with Crippen molar-refractivity contribution in [1.29, 1.82) is 5.26 Å². The second-order valence-electron chi connectivity index (χ2n) is 6.38. The van der Waals surface area contributed by atoms with Gasteiger partial charge in [0.15, 0.2) is 0 Å². The first kappa shape index (κ1) is 17.1. The van der Waals surface area contributed by atoms with Crippen molar-refractivity contribution in [3.05, 3.63) is 57.1 Å². The molecule has 3 N–H and O–H groups in total. The van der Waals surface area contributed by atoms with Crippen LogP contribution in [0.15, 0.2) is 23.6 Å². The lowest BCUT2D eigenvalue weighted by Crippen LogP contribution is -2.22. The van der Waals surface area contributed by atoms with Gasteiger partial charge in [-0.2, -0.15) is 5.26 Å². The van der Waals surface area contributed by atoms with Gasteiger partial charge in [0.2, 0.25) is 11.8 Å². The Morgan fingerprint density at radius 1 is 1.16 bits per heavy atom. The highest BCUT2D eigenvalue weighted by molar-refractivity contribution is 5.59. The summed E-state index contributed by atoms with van der Waals surface area (Å²) >= 11 is 0. The number of nitrogens with two attached hydrogens (primary N) is 1. The molecule has 0 bridgehead atoms. The highest BCUT2D eigenvalue weighted by Crippen LogP contribution is 2.45. The van der Waals surface area contributed by atoms with Crippen molar-refractivity contribution in [1.82, 2.24) is 10.2 Å². The normalized spacial score (nSPS) is 16.4. The van der Waals surface area contributed by atoms with Gasteiger partial charge >= 0.3 is 0 Å². The number of allylic oxidation sites excluding steroid dienone is 1. The third kappa shape index (κ3) is 2.68. The minimum Gasteiger partial charge on any atom is -0.420 e. The molecule has 1 aromatic heterocycles. The molecular weight excluding hydrogens is 312 g/mol. The molecule has 130 valence electrons. The number of aryl methyl sites for hydroxylation is 4. The van der Waals surface area contributed by atoms with E-state index in [1.807, 2.05) is 6.92 Å². The Morgan fingerprint density at radius 3 is 2.32 bits per heavy atom. The maximum atomic E-state index is 9.78. The zero-order valence-electron chi connectivity index (χ0n) is 15.2. The Hall–Kier alpha value is -2.74. The van der Waals surface area contributed by atoms with Crippen LogP contribution in [-0.2, 0) is 19.3 Å². The van der Waals surface area contributed by atoms with Crippen LogP contribution < -0.4 is 10.5 Å². The highest BCUT2D eigenvalue weighted by atomic mass is 16.5. The zero-order chi connectivity index (χ0) is 18.1. The first-order valence-corrected chi connectivity index (χ1v) is 8.82. The molecule has 1 atom stereocenters. The number of aromatic nitrogens is 2. The van der Waals surface area contributed by atoms with E-state index < -0.39 is 0 Å². The number of nitriles is 1. The number of nitrogens with one attached hydrogen (secondary N) is 1. The van der Waals surface area contributed by atoms with Crippen LogP contribution >= 0.6 is 0 Å². The summed E-state index contributed by atoms with van der Waals surface area (Å²) in [6, 6.07) is 6.79. The fourth-order valence-corrected chi connectivity index (χ4v) is 3.70. The smallest absolute Gasteiger partial charge is 0.244 e. The van der Waals surface area contributed by atoms with Gasteiger partial charge in [-0.15, -0.1) is 5.10 Å². The number of aromatic amines is 1. The molecule has 0 amide bonds. The van der Waals surface area contributed by atoms with Gasteiger partial charge in [0.1, 0.15) is 11.6 Å². The maximum absolute atomic E-state index is 9.78. The van der Waals surface area contributed by atoms with Gasteiger partial charge in [-0.05, 0) is 48.4 Å². The summed E-state index contributed by atoms with van der Waals surface area (Å²) < 4.78 is 5.59. The van der Waals surface area contributed by atoms with Crippen LogP contribution in [0, 0.1) is 18.3 Å². The van der Waals surface area contributed by atoms with Gasteiger partial charge in [0, 0.05) is 11.3 Å². The standard InChI is InChI=1S/C20H24N4O/c1-5-12-8-13(6-2)17(14(7-3)9-12)18-15(10-21)19(22)25-20-16(18)11(4)23-24-20/h8-9,18H,5-7,22H2,1-4H3,(H,23,24)/t18-/m0/s1. The average Bonchev–Trinajstić information content (AvgIpc) is 2.99. The predicted octanol–water partition coefficient (Wildman–Crippen LogP) is 3.62. The second-order valence-corrected chi connectivity index (χ2v) is 6.38. The quantitative estimate of drug-likeness (QED) is 0.892. The Labute approximate surface area is 148 Å².